The number of anilines is 1. The number of hydrogen-bond donors (Lipinski definition) is 1. The number of thiazole rings is 1. The van der Waals surface area contributed by atoms with Crippen LogP contribution < -0.4 is 10.1 Å². The molecule has 3 heterocycles. The molecule has 4 aromatic rings. The Labute approximate surface area is 181 Å². The van der Waals surface area contributed by atoms with Crippen molar-refractivity contribution in [2.24, 2.45) is 0 Å². The summed E-state index contributed by atoms with van der Waals surface area (Å²) in [6.07, 6.45) is 1.96. The molecular weight excluding hydrogens is 423 g/mol. The van der Waals surface area contributed by atoms with Gasteiger partial charge in [0.2, 0.25) is 0 Å². The number of aryl methyl sites for hydroxylation is 2. The van der Waals surface area contributed by atoms with Gasteiger partial charge in [0.1, 0.15) is 18.2 Å². The zero-order chi connectivity index (χ0) is 21.1. The zero-order valence-corrected chi connectivity index (χ0v) is 18.0. The molecule has 0 radical (unpaired) electrons. The number of rotatable bonds is 7. The van der Waals surface area contributed by atoms with E-state index in [0.29, 0.717) is 22.4 Å². The number of ether oxygens (including phenoxy) is 1. The van der Waals surface area contributed by atoms with E-state index in [0.717, 1.165) is 29.1 Å². The van der Waals surface area contributed by atoms with Gasteiger partial charge >= 0.3 is 0 Å². The number of nitrogens with zero attached hydrogens (tertiary/aromatic N) is 3. The molecule has 6 nitrogen and oxygen atoms in total. The van der Waals surface area contributed by atoms with Gasteiger partial charge in [-0.1, -0.05) is 0 Å². The van der Waals surface area contributed by atoms with E-state index < -0.39 is 0 Å². The molecular formula is C21H19FN4O2S2. The summed E-state index contributed by atoms with van der Waals surface area (Å²) in [6, 6.07) is 7.62. The molecule has 0 unspecified atom stereocenters. The van der Waals surface area contributed by atoms with Crippen molar-refractivity contribution in [1.29, 1.82) is 0 Å². The molecule has 0 saturated heterocycles. The first-order chi connectivity index (χ1) is 14.5. The van der Waals surface area contributed by atoms with E-state index in [1.54, 1.807) is 18.2 Å². The molecule has 0 saturated carbocycles. The van der Waals surface area contributed by atoms with Crippen LogP contribution in [0, 0.1) is 12.7 Å². The molecule has 154 valence electrons. The molecule has 1 amide bonds. The Morgan fingerprint density at radius 2 is 2.03 bits per heavy atom. The summed E-state index contributed by atoms with van der Waals surface area (Å²) in [4.78, 5) is 17.7. The highest BCUT2D eigenvalue weighted by atomic mass is 32.1. The van der Waals surface area contributed by atoms with Gasteiger partial charge in [-0.25, -0.2) is 9.37 Å². The van der Waals surface area contributed by atoms with E-state index >= 15 is 0 Å². The van der Waals surface area contributed by atoms with E-state index in [2.05, 4.69) is 15.4 Å². The van der Waals surface area contributed by atoms with Crippen LogP contribution in [0.15, 0.2) is 47.3 Å². The fourth-order valence-electron chi connectivity index (χ4n) is 2.81. The molecule has 0 bridgehead atoms. The summed E-state index contributed by atoms with van der Waals surface area (Å²) >= 11 is 2.72. The quantitative estimate of drug-likeness (QED) is 0.418. The van der Waals surface area contributed by atoms with Gasteiger partial charge in [-0.15, -0.1) is 22.7 Å². The first kappa shape index (κ1) is 20.2. The predicted octanol–water partition coefficient (Wildman–Crippen LogP) is 5.37. The molecule has 1 N–H and O–H groups in total. The Bertz CT molecular complexity index is 1160. The van der Waals surface area contributed by atoms with Crippen LogP contribution in [-0.4, -0.2) is 20.7 Å². The van der Waals surface area contributed by atoms with E-state index in [-0.39, 0.29) is 11.7 Å². The van der Waals surface area contributed by atoms with E-state index in [1.807, 2.05) is 35.5 Å². The lowest BCUT2D eigenvalue weighted by Crippen LogP contribution is -2.09. The van der Waals surface area contributed by atoms with Crippen LogP contribution in [0.25, 0.3) is 11.3 Å². The lowest BCUT2D eigenvalue weighted by molar-refractivity contribution is 0.103. The van der Waals surface area contributed by atoms with Gasteiger partial charge in [0.05, 0.1) is 16.3 Å². The number of thiophene rings is 1. The third kappa shape index (κ3) is 4.58. The Morgan fingerprint density at radius 1 is 1.23 bits per heavy atom. The van der Waals surface area contributed by atoms with Gasteiger partial charge in [-0.05, 0) is 49.6 Å². The van der Waals surface area contributed by atoms with Crippen molar-refractivity contribution in [2.75, 3.05) is 5.32 Å². The molecule has 1 aromatic carbocycles. The smallest absolute Gasteiger partial charge is 0.267 e. The number of aromatic nitrogens is 3. The Kier molecular flexibility index (Phi) is 5.91. The van der Waals surface area contributed by atoms with Crippen LogP contribution in [0.3, 0.4) is 0 Å². The number of hydrogen-bond acceptors (Lipinski definition) is 6. The van der Waals surface area contributed by atoms with Crippen molar-refractivity contribution in [3.8, 4) is 17.0 Å². The Balaban J connectivity index is 1.38. The fourth-order valence-corrected chi connectivity index (χ4v) is 4.31. The van der Waals surface area contributed by atoms with Gasteiger partial charge in [0, 0.05) is 29.2 Å². The summed E-state index contributed by atoms with van der Waals surface area (Å²) in [5.74, 6) is 0.0528. The molecule has 3 aromatic heterocycles. The maximum Gasteiger partial charge on any atom is 0.267 e. The van der Waals surface area contributed by atoms with E-state index in [9.17, 15) is 9.18 Å². The molecule has 0 atom stereocenters. The van der Waals surface area contributed by atoms with Crippen molar-refractivity contribution in [3.63, 3.8) is 0 Å². The maximum absolute atomic E-state index is 12.9. The second-order valence-corrected chi connectivity index (χ2v) is 8.31. The number of nitrogens with one attached hydrogen (secondary N) is 1. The average molecular weight is 443 g/mol. The number of halogens is 1. The van der Waals surface area contributed by atoms with Crippen LogP contribution in [0.4, 0.5) is 9.52 Å². The average Bonchev–Trinajstić information content (AvgIpc) is 3.47. The summed E-state index contributed by atoms with van der Waals surface area (Å²) < 4.78 is 20.4. The minimum Gasteiger partial charge on any atom is -0.489 e. The number of benzene rings is 1. The minimum absolute atomic E-state index is 0.213. The van der Waals surface area contributed by atoms with Crippen LogP contribution >= 0.6 is 22.7 Å². The van der Waals surface area contributed by atoms with Crippen LogP contribution in [0.1, 0.15) is 27.9 Å². The Hall–Kier alpha value is -3.04. The number of amides is 1. The normalized spacial score (nSPS) is 10.9. The molecule has 0 aliphatic heterocycles. The third-order valence-electron chi connectivity index (χ3n) is 4.37. The predicted molar refractivity (Wildman–Crippen MR) is 117 cm³/mol. The SMILES string of the molecule is CCn1cc(-c2csc(NC(=O)c3cc(COc4ccc(F)cc4)cs3)n2)c(C)n1. The number of carbonyl (C=O) groups is 1. The van der Waals surface area contributed by atoms with Gasteiger partial charge in [0.25, 0.3) is 5.91 Å². The first-order valence-corrected chi connectivity index (χ1v) is 11.0. The molecule has 0 fully saturated rings. The Morgan fingerprint density at radius 3 is 2.77 bits per heavy atom. The zero-order valence-electron chi connectivity index (χ0n) is 16.4. The first-order valence-electron chi connectivity index (χ1n) is 9.29. The molecule has 0 aliphatic carbocycles. The second kappa shape index (κ2) is 8.76. The second-order valence-electron chi connectivity index (χ2n) is 6.54. The third-order valence-corrected chi connectivity index (χ3v) is 6.10. The van der Waals surface area contributed by atoms with Crippen LogP contribution in [-0.2, 0) is 13.2 Å². The van der Waals surface area contributed by atoms with Gasteiger partial charge in [-0.2, -0.15) is 5.10 Å². The van der Waals surface area contributed by atoms with Crippen molar-refractivity contribution in [2.45, 2.75) is 27.0 Å². The lowest BCUT2D eigenvalue weighted by atomic mass is 10.2. The van der Waals surface area contributed by atoms with Gasteiger partial charge in [0.15, 0.2) is 5.13 Å². The summed E-state index contributed by atoms with van der Waals surface area (Å²) in [7, 11) is 0. The highest BCUT2D eigenvalue weighted by Gasteiger charge is 2.15. The van der Waals surface area contributed by atoms with Gasteiger partial charge < -0.3 is 4.74 Å². The number of carbonyl (C=O) groups excluding carboxylic acids is 1. The summed E-state index contributed by atoms with van der Waals surface area (Å²) in [6.45, 7) is 5.07. The fraction of sp³-hybridized carbons (Fsp3) is 0.190. The molecule has 30 heavy (non-hydrogen) atoms. The molecule has 0 aliphatic rings. The van der Waals surface area contributed by atoms with Crippen molar-refractivity contribution in [1.82, 2.24) is 14.8 Å². The monoisotopic (exact) mass is 442 g/mol. The highest BCUT2D eigenvalue weighted by molar-refractivity contribution is 7.14. The van der Waals surface area contributed by atoms with E-state index in [1.165, 1.54) is 34.8 Å². The van der Waals surface area contributed by atoms with Gasteiger partial charge in [-0.3, -0.25) is 14.8 Å². The van der Waals surface area contributed by atoms with E-state index in [4.69, 9.17) is 4.74 Å². The summed E-state index contributed by atoms with van der Waals surface area (Å²) in [5, 5.41) is 11.6. The molecule has 9 heteroatoms. The van der Waals surface area contributed by atoms with Crippen molar-refractivity contribution < 1.29 is 13.9 Å². The summed E-state index contributed by atoms with van der Waals surface area (Å²) in [5.41, 5.74) is 3.54. The highest BCUT2D eigenvalue weighted by Crippen LogP contribution is 2.28. The molecule has 0 spiro atoms. The standard InChI is InChI=1S/C21H19FN4O2S2/c1-3-26-9-17(13(2)25-26)18-12-30-21(23-18)24-20(27)19-8-14(11-29-19)10-28-16-6-4-15(22)5-7-16/h4-9,11-12H,3,10H2,1-2H3,(H,23,24,27). The molecule has 4 rings (SSSR count). The van der Waals surface area contributed by atoms with Crippen molar-refractivity contribution in [3.05, 3.63) is 69.2 Å². The largest absolute Gasteiger partial charge is 0.489 e. The minimum atomic E-state index is -0.309. The maximum atomic E-state index is 12.9. The lowest BCUT2D eigenvalue weighted by Gasteiger charge is -2.04. The van der Waals surface area contributed by atoms with Crippen LogP contribution in [0.5, 0.6) is 5.75 Å². The topological polar surface area (TPSA) is 69.0 Å². The van der Waals surface area contributed by atoms with Crippen LogP contribution in [0.2, 0.25) is 0 Å². The van der Waals surface area contributed by atoms with Crippen molar-refractivity contribution >= 4 is 33.7 Å².